The first-order chi connectivity index (χ1) is 15.9. The fraction of sp³-hybridized carbons (Fsp3) is 0.115. The van der Waals surface area contributed by atoms with Crippen LogP contribution in [0.3, 0.4) is 0 Å². The number of rotatable bonds is 7. The van der Waals surface area contributed by atoms with Crippen LogP contribution in [0.15, 0.2) is 96.4 Å². The van der Waals surface area contributed by atoms with Crippen LogP contribution in [0.25, 0.3) is 5.57 Å². The summed E-state index contributed by atoms with van der Waals surface area (Å²) in [6, 6.07) is 23.6. The van der Waals surface area contributed by atoms with Crippen LogP contribution < -0.4 is 9.62 Å². The molecule has 0 atom stereocenters. The number of hydrogen-bond donors (Lipinski definition) is 1. The van der Waals surface area contributed by atoms with E-state index in [2.05, 4.69) is 11.9 Å². The van der Waals surface area contributed by atoms with E-state index >= 15 is 0 Å². The third kappa shape index (κ3) is 4.58. The van der Waals surface area contributed by atoms with E-state index in [-0.39, 0.29) is 18.0 Å². The fourth-order valence-corrected chi connectivity index (χ4v) is 5.74. The number of carbonyl (C=O) groups is 1. The molecule has 33 heavy (non-hydrogen) atoms. The Kier molecular flexibility index (Phi) is 6.67. The third-order valence-electron chi connectivity index (χ3n) is 5.39. The summed E-state index contributed by atoms with van der Waals surface area (Å²) >= 11 is 5.93. The number of benzene rings is 3. The van der Waals surface area contributed by atoms with Gasteiger partial charge in [0, 0.05) is 22.7 Å². The lowest BCUT2D eigenvalue weighted by Gasteiger charge is -2.32. The molecule has 3 aromatic carbocycles. The lowest BCUT2D eigenvalue weighted by atomic mass is 9.95. The van der Waals surface area contributed by atoms with Crippen molar-refractivity contribution < 1.29 is 13.2 Å². The number of sulfonamides is 1. The van der Waals surface area contributed by atoms with Crippen molar-refractivity contribution in [1.29, 1.82) is 0 Å². The van der Waals surface area contributed by atoms with Gasteiger partial charge in [-0.1, -0.05) is 78.3 Å². The summed E-state index contributed by atoms with van der Waals surface area (Å²) in [5, 5.41) is 3.44. The monoisotopic (exact) mass is 478 g/mol. The second-order valence-electron chi connectivity index (χ2n) is 7.54. The molecular weight excluding hydrogens is 456 g/mol. The van der Waals surface area contributed by atoms with Crippen LogP contribution in [0.2, 0.25) is 5.02 Å². The Labute approximate surface area is 199 Å². The van der Waals surface area contributed by atoms with E-state index in [0.29, 0.717) is 33.8 Å². The Balaban J connectivity index is 1.78. The lowest BCUT2D eigenvalue weighted by Crippen LogP contribution is -2.42. The molecule has 0 aliphatic carbocycles. The molecule has 3 aromatic rings. The Morgan fingerprint density at radius 1 is 0.970 bits per heavy atom. The van der Waals surface area contributed by atoms with Gasteiger partial charge in [-0.2, -0.15) is 0 Å². The standard InChI is InChI=1S/C26H23ClN2O3S/c1-2-18-29-23-11-7-6-10-22(23)24(20-8-4-3-5-9-20)25(33(29,31)32)26(30)28-17-16-19-12-14-21(27)15-13-19/h2-15H,1,16-18H2,(H,28,30). The number of para-hydroxylation sites is 1. The second-order valence-corrected chi connectivity index (χ2v) is 9.78. The summed E-state index contributed by atoms with van der Waals surface area (Å²) in [5.74, 6) is -0.633. The van der Waals surface area contributed by atoms with Crippen molar-refractivity contribution in [3.05, 3.63) is 118 Å². The van der Waals surface area contributed by atoms with Gasteiger partial charge in [0.15, 0.2) is 4.91 Å². The first-order valence-electron chi connectivity index (χ1n) is 10.5. The minimum atomic E-state index is -4.12. The van der Waals surface area contributed by atoms with Gasteiger partial charge in [0.2, 0.25) is 0 Å². The fourth-order valence-electron chi connectivity index (χ4n) is 3.88. The quantitative estimate of drug-likeness (QED) is 0.496. The normalized spacial score (nSPS) is 14.5. The molecule has 0 aromatic heterocycles. The Morgan fingerprint density at radius 2 is 1.64 bits per heavy atom. The Bertz CT molecular complexity index is 1320. The Hall–Kier alpha value is -3.35. The zero-order valence-electron chi connectivity index (χ0n) is 17.9. The van der Waals surface area contributed by atoms with E-state index in [9.17, 15) is 13.2 Å². The molecule has 0 fully saturated rings. The van der Waals surface area contributed by atoms with Crippen LogP contribution in [0.5, 0.6) is 0 Å². The van der Waals surface area contributed by atoms with Gasteiger partial charge in [0.1, 0.15) is 0 Å². The van der Waals surface area contributed by atoms with Crippen molar-refractivity contribution in [2.24, 2.45) is 0 Å². The van der Waals surface area contributed by atoms with Crippen molar-refractivity contribution in [3.8, 4) is 0 Å². The summed E-state index contributed by atoms with van der Waals surface area (Å²) in [6.07, 6.45) is 2.06. The molecule has 1 heterocycles. The molecule has 1 N–H and O–H groups in total. The molecule has 0 spiro atoms. The third-order valence-corrected chi connectivity index (χ3v) is 7.48. The van der Waals surface area contributed by atoms with Crippen LogP contribution >= 0.6 is 11.6 Å². The lowest BCUT2D eigenvalue weighted by molar-refractivity contribution is -0.116. The highest BCUT2D eigenvalue weighted by Gasteiger charge is 2.40. The molecule has 0 bridgehead atoms. The van der Waals surface area contributed by atoms with Crippen LogP contribution in [-0.2, 0) is 21.2 Å². The summed E-state index contributed by atoms with van der Waals surface area (Å²) in [4.78, 5) is 13.1. The van der Waals surface area contributed by atoms with Gasteiger partial charge in [-0.3, -0.25) is 9.10 Å². The maximum absolute atomic E-state index is 13.7. The molecule has 1 aliphatic rings. The summed E-state index contributed by atoms with van der Waals surface area (Å²) in [6.45, 7) is 4.04. The van der Waals surface area contributed by atoms with Crippen LogP contribution in [0.4, 0.5) is 5.69 Å². The molecule has 0 saturated heterocycles. The summed E-state index contributed by atoms with van der Waals surface area (Å²) in [5.41, 5.74) is 3.25. The number of fused-ring (bicyclic) bond motifs is 1. The number of nitrogens with one attached hydrogen (secondary N) is 1. The predicted octanol–water partition coefficient (Wildman–Crippen LogP) is 4.79. The van der Waals surface area contributed by atoms with E-state index in [1.165, 1.54) is 10.4 Å². The number of anilines is 1. The van der Waals surface area contributed by atoms with E-state index in [4.69, 9.17) is 11.6 Å². The SMILES string of the molecule is C=CCN1c2ccccc2C(c2ccccc2)=C(C(=O)NCCc2ccc(Cl)cc2)S1(=O)=O. The molecule has 4 rings (SSSR count). The minimum Gasteiger partial charge on any atom is -0.351 e. The highest BCUT2D eigenvalue weighted by Crippen LogP contribution is 2.42. The predicted molar refractivity (Wildman–Crippen MR) is 134 cm³/mol. The van der Waals surface area contributed by atoms with Crippen molar-refractivity contribution >= 4 is 38.8 Å². The van der Waals surface area contributed by atoms with Crippen LogP contribution in [-0.4, -0.2) is 27.4 Å². The van der Waals surface area contributed by atoms with E-state index in [1.807, 2.05) is 54.6 Å². The maximum atomic E-state index is 13.7. The second kappa shape index (κ2) is 9.65. The van der Waals surface area contributed by atoms with Crippen LogP contribution in [0.1, 0.15) is 16.7 Å². The smallest absolute Gasteiger partial charge is 0.270 e. The summed E-state index contributed by atoms with van der Waals surface area (Å²) < 4.78 is 28.6. The van der Waals surface area contributed by atoms with Crippen molar-refractivity contribution in [3.63, 3.8) is 0 Å². The zero-order chi connectivity index (χ0) is 23.4. The number of hydrogen-bond acceptors (Lipinski definition) is 3. The number of amides is 1. The molecule has 7 heteroatoms. The molecular formula is C26H23ClN2O3S. The van der Waals surface area contributed by atoms with Gasteiger partial charge < -0.3 is 5.32 Å². The minimum absolute atomic E-state index is 0.0585. The van der Waals surface area contributed by atoms with Gasteiger partial charge in [0.25, 0.3) is 15.9 Å². The van der Waals surface area contributed by atoms with Crippen molar-refractivity contribution in [1.82, 2.24) is 5.32 Å². The van der Waals surface area contributed by atoms with Crippen LogP contribution in [0, 0.1) is 0 Å². The molecule has 0 radical (unpaired) electrons. The highest BCUT2D eigenvalue weighted by atomic mass is 35.5. The number of carbonyl (C=O) groups excluding carboxylic acids is 1. The molecule has 1 aliphatic heterocycles. The largest absolute Gasteiger partial charge is 0.351 e. The van der Waals surface area contributed by atoms with E-state index in [1.54, 1.807) is 24.3 Å². The van der Waals surface area contributed by atoms with Gasteiger partial charge in [-0.25, -0.2) is 8.42 Å². The molecule has 0 unspecified atom stereocenters. The zero-order valence-corrected chi connectivity index (χ0v) is 19.4. The molecule has 5 nitrogen and oxygen atoms in total. The number of nitrogens with zero attached hydrogens (tertiary/aromatic N) is 1. The van der Waals surface area contributed by atoms with E-state index in [0.717, 1.165) is 5.56 Å². The van der Waals surface area contributed by atoms with Gasteiger partial charge in [-0.15, -0.1) is 6.58 Å². The molecule has 168 valence electrons. The maximum Gasteiger partial charge on any atom is 0.270 e. The van der Waals surface area contributed by atoms with E-state index < -0.39 is 15.9 Å². The molecule has 0 saturated carbocycles. The summed E-state index contributed by atoms with van der Waals surface area (Å²) in [7, 11) is -4.12. The van der Waals surface area contributed by atoms with Gasteiger partial charge in [-0.05, 0) is 35.7 Å². The van der Waals surface area contributed by atoms with Gasteiger partial charge in [0.05, 0.1) is 12.2 Å². The average Bonchev–Trinajstić information content (AvgIpc) is 2.82. The molecule has 1 amide bonds. The van der Waals surface area contributed by atoms with Gasteiger partial charge >= 0.3 is 0 Å². The van der Waals surface area contributed by atoms with Crippen molar-refractivity contribution in [2.45, 2.75) is 6.42 Å². The topological polar surface area (TPSA) is 66.5 Å². The Morgan fingerprint density at radius 3 is 2.33 bits per heavy atom. The average molecular weight is 479 g/mol. The highest BCUT2D eigenvalue weighted by molar-refractivity contribution is 7.97. The van der Waals surface area contributed by atoms with Crippen molar-refractivity contribution in [2.75, 3.05) is 17.4 Å². The first-order valence-corrected chi connectivity index (χ1v) is 12.3. The first kappa shape index (κ1) is 22.8. The number of halogens is 1.